The summed E-state index contributed by atoms with van der Waals surface area (Å²) >= 11 is 0. The average molecular weight is 303 g/mol. The lowest BCUT2D eigenvalue weighted by atomic mass is 10.1. The average Bonchev–Trinajstić information content (AvgIpc) is 2.82. The zero-order chi connectivity index (χ0) is 16.3. The fourth-order valence-corrected chi connectivity index (χ4v) is 2.30. The third kappa shape index (κ3) is 3.58. The van der Waals surface area contributed by atoms with Crippen LogP contribution in [-0.2, 0) is 13.1 Å². The van der Waals surface area contributed by atoms with Crippen molar-refractivity contribution < 1.29 is 9.21 Å². The Labute approximate surface area is 129 Å². The quantitative estimate of drug-likeness (QED) is 0.909. The fraction of sp³-hybridized carbons (Fsp3) is 0.375. The number of carbonyl (C=O) groups excluding carboxylic acids is 1. The molecule has 2 rings (SSSR count). The lowest BCUT2D eigenvalue weighted by Gasteiger charge is -2.18. The van der Waals surface area contributed by atoms with Gasteiger partial charge in [0.2, 0.25) is 0 Å². The molecule has 0 saturated carbocycles. The molecule has 6 heteroatoms. The van der Waals surface area contributed by atoms with Crippen LogP contribution >= 0.6 is 0 Å². The van der Waals surface area contributed by atoms with Gasteiger partial charge in [-0.25, -0.2) is 4.79 Å². The standard InChI is InChI=1S/C16H21N3O3/c1-10-7-11(2)18-15(20)14(10)8-17-16(21)19(4)9-13-5-6-22-12(13)3/h5-7H,8-9H2,1-4H3,(H,17,21)(H,18,20). The van der Waals surface area contributed by atoms with Crippen molar-refractivity contribution >= 4 is 6.03 Å². The lowest BCUT2D eigenvalue weighted by molar-refractivity contribution is 0.206. The minimum Gasteiger partial charge on any atom is -0.469 e. The molecule has 0 aliphatic carbocycles. The second-order valence-electron chi connectivity index (χ2n) is 5.46. The van der Waals surface area contributed by atoms with E-state index >= 15 is 0 Å². The van der Waals surface area contributed by atoms with E-state index in [9.17, 15) is 9.59 Å². The highest BCUT2D eigenvalue weighted by Crippen LogP contribution is 2.11. The number of urea groups is 1. The summed E-state index contributed by atoms with van der Waals surface area (Å²) in [7, 11) is 1.70. The van der Waals surface area contributed by atoms with E-state index in [-0.39, 0.29) is 18.1 Å². The first-order chi connectivity index (χ1) is 10.4. The van der Waals surface area contributed by atoms with Crippen LogP contribution in [0.25, 0.3) is 0 Å². The molecule has 2 N–H and O–H groups in total. The Balaban J connectivity index is 1.98. The lowest BCUT2D eigenvalue weighted by Crippen LogP contribution is -2.37. The molecule has 118 valence electrons. The molecule has 6 nitrogen and oxygen atoms in total. The Morgan fingerprint density at radius 2 is 2.09 bits per heavy atom. The number of carbonyl (C=O) groups is 1. The van der Waals surface area contributed by atoms with Crippen LogP contribution in [0.2, 0.25) is 0 Å². The summed E-state index contributed by atoms with van der Waals surface area (Å²) in [6.07, 6.45) is 1.60. The number of amides is 2. The molecule has 0 aliphatic rings. The molecule has 2 aromatic rings. The van der Waals surface area contributed by atoms with Crippen molar-refractivity contribution in [1.82, 2.24) is 15.2 Å². The first-order valence-corrected chi connectivity index (χ1v) is 7.10. The molecule has 0 fully saturated rings. The molecule has 0 aromatic carbocycles. The van der Waals surface area contributed by atoms with E-state index in [2.05, 4.69) is 10.3 Å². The van der Waals surface area contributed by atoms with E-state index < -0.39 is 0 Å². The number of pyridine rings is 1. The van der Waals surface area contributed by atoms with Gasteiger partial charge in [-0.15, -0.1) is 0 Å². The Kier molecular flexibility index (Phi) is 4.70. The summed E-state index contributed by atoms with van der Waals surface area (Å²) in [4.78, 5) is 28.3. The molecule has 22 heavy (non-hydrogen) atoms. The minimum absolute atomic E-state index is 0.161. The smallest absolute Gasteiger partial charge is 0.317 e. The Hall–Kier alpha value is -2.50. The van der Waals surface area contributed by atoms with Crippen molar-refractivity contribution in [3.63, 3.8) is 0 Å². The van der Waals surface area contributed by atoms with E-state index in [1.165, 1.54) is 0 Å². The van der Waals surface area contributed by atoms with Gasteiger partial charge in [0.15, 0.2) is 0 Å². The normalized spacial score (nSPS) is 10.5. The summed E-state index contributed by atoms with van der Waals surface area (Å²) in [5.41, 5.74) is 3.06. The van der Waals surface area contributed by atoms with Crippen LogP contribution in [0.4, 0.5) is 4.79 Å². The largest absolute Gasteiger partial charge is 0.469 e. The summed E-state index contributed by atoms with van der Waals surface area (Å²) < 4.78 is 5.21. The second kappa shape index (κ2) is 6.51. The Morgan fingerprint density at radius 1 is 1.36 bits per heavy atom. The predicted molar refractivity (Wildman–Crippen MR) is 83.7 cm³/mol. The van der Waals surface area contributed by atoms with Crippen LogP contribution in [0, 0.1) is 20.8 Å². The number of aromatic amines is 1. The van der Waals surface area contributed by atoms with Gasteiger partial charge in [0.1, 0.15) is 5.76 Å². The van der Waals surface area contributed by atoms with Crippen molar-refractivity contribution in [3.8, 4) is 0 Å². The molecule has 2 aromatic heterocycles. The van der Waals surface area contributed by atoms with Crippen molar-refractivity contribution in [2.45, 2.75) is 33.9 Å². The van der Waals surface area contributed by atoms with Gasteiger partial charge in [0.25, 0.3) is 5.56 Å². The van der Waals surface area contributed by atoms with Crippen molar-refractivity contribution in [2.75, 3.05) is 7.05 Å². The number of H-pyrrole nitrogens is 1. The maximum Gasteiger partial charge on any atom is 0.317 e. The number of nitrogens with zero attached hydrogens (tertiary/aromatic N) is 1. The molecule has 0 unspecified atom stereocenters. The van der Waals surface area contributed by atoms with E-state index in [1.54, 1.807) is 18.2 Å². The third-order valence-electron chi connectivity index (χ3n) is 3.63. The van der Waals surface area contributed by atoms with Gasteiger partial charge in [-0.2, -0.15) is 0 Å². The van der Waals surface area contributed by atoms with Gasteiger partial charge in [-0.05, 0) is 38.5 Å². The summed E-state index contributed by atoms with van der Waals surface area (Å²) in [5.74, 6) is 0.797. The first kappa shape index (κ1) is 15.9. The van der Waals surface area contributed by atoms with Gasteiger partial charge in [0, 0.05) is 23.9 Å². The van der Waals surface area contributed by atoms with Crippen molar-refractivity contribution in [2.24, 2.45) is 0 Å². The molecule has 0 bridgehead atoms. The predicted octanol–water partition coefficient (Wildman–Crippen LogP) is 2.23. The summed E-state index contributed by atoms with van der Waals surface area (Å²) in [6, 6.07) is 3.50. The van der Waals surface area contributed by atoms with Gasteiger partial charge in [0.05, 0.1) is 19.4 Å². The number of aromatic nitrogens is 1. The topological polar surface area (TPSA) is 78.3 Å². The highest BCUT2D eigenvalue weighted by molar-refractivity contribution is 5.73. The van der Waals surface area contributed by atoms with Gasteiger partial charge in [-0.1, -0.05) is 0 Å². The van der Waals surface area contributed by atoms with Gasteiger partial charge < -0.3 is 19.6 Å². The molecule has 0 atom stereocenters. The molecule has 0 spiro atoms. The van der Waals surface area contributed by atoms with Gasteiger partial charge >= 0.3 is 6.03 Å². The Morgan fingerprint density at radius 3 is 2.68 bits per heavy atom. The molecular formula is C16H21N3O3. The number of nitrogens with one attached hydrogen (secondary N) is 2. The van der Waals surface area contributed by atoms with Gasteiger partial charge in [-0.3, -0.25) is 4.79 Å². The number of hydrogen-bond acceptors (Lipinski definition) is 3. The zero-order valence-electron chi connectivity index (χ0n) is 13.3. The summed E-state index contributed by atoms with van der Waals surface area (Å²) in [5, 5.41) is 2.77. The van der Waals surface area contributed by atoms with Crippen LogP contribution in [-0.4, -0.2) is 23.0 Å². The van der Waals surface area contributed by atoms with Crippen molar-refractivity contribution in [3.05, 3.63) is 56.9 Å². The number of hydrogen-bond donors (Lipinski definition) is 2. The van der Waals surface area contributed by atoms with E-state index in [1.807, 2.05) is 32.9 Å². The fourth-order valence-electron chi connectivity index (χ4n) is 2.30. The molecule has 2 heterocycles. The maximum absolute atomic E-state index is 12.1. The first-order valence-electron chi connectivity index (χ1n) is 7.10. The van der Waals surface area contributed by atoms with Crippen LogP contribution < -0.4 is 10.9 Å². The van der Waals surface area contributed by atoms with E-state index in [0.29, 0.717) is 12.1 Å². The maximum atomic E-state index is 12.1. The SMILES string of the molecule is Cc1cc(C)c(CNC(=O)N(C)Cc2ccoc2C)c(=O)[nH]1. The highest BCUT2D eigenvalue weighted by Gasteiger charge is 2.13. The zero-order valence-corrected chi connectivity index (χ0v) is 13.3. The molecule has 0 saturated heterocycles. The van der Waals surface area contributed by atoms with Crippen LogP contribution in [0.5, 0.6) is 0 Å². The third-order valence-corrected chi connectivity index (χ3v) is 3.63. The highest BCUT2D eigenvalue weighted by atomic mass is 16.3. The van der Waals surface area contributed by atoms with Crippen LogP contribution in [0.1, 0.15) is 28.1 Å². The second-order valence-corrected chi connectivity index (χ2v) is 5.46. The number of aryl methyl sites for hydroxylation is 3. The molecule has 0 radical (unpaired) electrons. The van der Waals surface area contributed by atoms with Crippen LogP contribution in [0.15, 0.2) is 27.6 Å². The molecule has 2 amide bonds. The number of furan rings is 1. The Bertz CT molecular complexity index is 730. The monoisotopic (exact) mass is 303 g/mol. The molecule has 0 aliphatic heterocycles. The van der Waals surface area contributed by atoms with Crippen LogP contribution in [0.3, 0.4) is 0 Å². The van der Waals surface area contributed by atoms with E-state index in [0.717, 1.165) is 22.6 Å². The molecular weight excluding hydrogens is 282 g/mol. The summed E-state index contributed by atoms with van der Waals surface area (Å²) in [6.45, 7) is 6.21. The van der Waals surface area contributed by atoms with Crippen molar-refractivity contribution in [1.29, 1.82) is 0 Å². The number of rotatable bonds is 4. The van der Waals surface area contributed by atoms with E-state index in [4.69, 9.17) is 4.42 Å². The minimum atomic E-state index is -0.236.